The van der Waals surface area contributed by atoms with Crippen molar-refractivity contribution in [3.8, 4) is 0 Å². The third-order valence-electron chi connectivity index (χ3n) is 3.27. The Morgan fingerprint density at radius 1 is 1.12 bits per heavy atom. The Morgan fingerprint density at radius 2 is 1.69 bits per heavy atom. The van der Waals surface area contributed by atoms with Crippen LogP contribution in [0, 0.1) is 10.1 Å². The van der Waals surface area contributed by atoms with E-state index in [2.05, 4.69) is 0 Å². The fourth-order valence-corrected chi connectivity index (χ4v) is 2.28. The molecule has 16 heavy (non-hydrogen) atoms. The van der Waals surface area contributed by atoms with Gasteiger partial charge in [-0.15, -0.1) is 0 Å². The van der Waals surface area contributed by atoms with Crippen molar-refractivity contribution < 1.29 is 10.0 Å². The van der Waals surface area contributed by atoms with Crippen molar-refractivity contribution in [2.75, 3.05) is 0 Å². The predicted octanol–water partition coefficient (Wildman–Crippen LogP) is 2.61. The second-order valence-electron chi connectivity index (χ2n) is 4.35. The normalized spacial score (nSPS) is 25.3. The highest BCUT2D eigenvalue weighted by Gasteiger charge is 2.21. The lowest BCUT2D eigenvalue weighted by molar-refractivity contribution is -0.384. The van der Waals surface area contributed by atoms with Gasteiger partial charge < -0.3 is 5.11 Å². The number of rotatable bonds is 2. The highest BCUT2D eigenvalue weighted by Crippen LogP contribution is 2.33. The molecule has 4 heteroatoms. The molecule has 0 amide bonds. The molecular formula is C12H15NO3. The smallest absolute Gasteiger partial charge is 0.269 e. The average Bonchev–Trinajstić information content (AvgIpc) is 2.30. The largest absolute Gasteiger partial charge is 0.393 e. The molecule has 0 bridgehead atoms. The summed E-state index contributed by atoms with van der Waals surface area (Å²) >= 11 is 0. The summed E-state index contributed by atoms with van der Waals surface area (Å²) in [5.41, 5.74) is 1.29. The number of nitro benzene ring substituents is 1. The quantitative estimate of drug-likeness (QED) is 0.616. The highest BCUT2D eigenvalue weighted by molar-refractivity contribution is 5.34. The first-order chi connectivity index (χ1) is 7.66. The van der Waals surface area contributed by atoms with Gasteiger partial charge in [0.15, 0.2) is 0 Å². The molecule has 0 heterocycles. The summed E-state index contributed by atoms with van der Waals surface area (Å²) in [6, 6.07) is 6.78. The van der Waals surface area contributed by atoms with Crippen LogP contribution in [0.15, 0.2) is 24.3 Å². The molecule has 1 N–H and O–H groups in total. The topological polar surface area (TPSA) is 63.4 Å². The maximum atomic E-state index is 10.5. The van der Waals surface area contributed by atoms with Crippen molar-refractivity contribution in [2.45, 2.75) is 37.7 Å². The molecule has 1 fully saturated rings. The lowest BCUT2D eigenvalue weighted by atomic mass is 9.83. The van der Waals surface area contributed by atoms with Crippen molar-refractivity contribution in [1.82, 2.24) is 0 Å². The number of aliphatic hydroxyl groups is 1. The SMILES string of the molecule is O=[N+]([O-])c1ccc(C2CCC(O)CC2)cc1. The number of nitrogens with zero attached hydrogens (tertiary/aromatic N) is 1. The number of nitro groups is 1. The molecule has 0 saturated heterocycles. The monoisotopic (exact) mass is 221 g/mol. The predicted molar refractivity (Wildman–Crippen MR) is 60.3 cm³/mol. The Morgan fingerprint density at radius 3 is 2.19 bits per heavy atom. The molecule has 0 atom stereocenters. The zero-order valence-electron chi connectivity index (χ0n) is 9.00. The van der Waals surface area contributed by atoms with Crippen molar-refractivity contribution in [3.63, 3.8) is 0 Å². The van der Waals surface area contributed by atoms with Crippen molar-refractivity contribution in [2.24, 2.45) is 0 Å². The van der Waals surface area contributed by atoms with Crippen molar-refractivity contribution in [1.29, 1.82) is 0 Å². The first-order valence-electron chi connectivity index (χ1n) is 5.59. The van der Waals surface area contributed by atoms with Gasteiger partial charge in [-0.3, -0.25) is 10.1 Å². The molecule has 0 aliphatic heterocycles. The Balaban J connectivity index is 2.07. The minimum Gasteiger partial charge on any atom is -0.393 e. The molecule has 0 spiro atoms. The molecule has 4 nitrogen and oxygen atoms in total. The van der Waals surface area contributed by atoms with E-state index in [1.54, 1.807) is 12.1 Å². The van der Waals surface area contributed by atoms with Gasteiger partial charge in [0.25, 0.3) is 5.69 Å². The van der Waals surface area contributed by atoms with Gasteiger partial charge in [0.1, 0.15) is 0 Å². The highest BCUT2D eigenvalue weighted by atomic mass is 16.6. The molecule has 0 radical (unpaired) electrons. The summed E-state index contributed by atoms with van der Waals surface area (Å²) in [4.78, 5) is 10.1. The molecule has 1 aliphatic rings. The van der Waals surface area contributed by atoms with Crippen LogP contribution in [0.25, 0.3) is 0 Å². The van der Waals surface area contributed by atoms with Gasteiger partial charge in [-0.2, -0.15) is 0 Å². The van der Waals surface area contributed by atoms with Crippen molar-refractivity contribution >= 4 is 5.69 Å². The fourth-order valence-electron chi connectivity index (χ4n) is 2.28. The van der Waals surface area contributed by atoms with Crippen LogP contribution in [0.5, 0.6) is 0 Å². The lowest BCUT2D eigenvalue weighted by Gasteiger charge is -2.25. The summed E-state index contributed by atoms with van der Waals surface area (Å²) in [5.74, 6) is 0.448. The minimum absolute atomic E-state index is 0.139. The molecule has 1 aliphatic carbocycles. The van der Waals surface area contributed by atoms with Crippen molar-refractivity contribution in [3.05, 3.63) is 39.9 Å². The summed E-state index contributed by atoms with van der Waals surface area (Å²) in [6.07, 6.45) is 3.45. The van der Waals surface area contributed by atoms with Gasteiger partial charge in [-0.25, -0.2) is 0 Å². The Labute approximate surface area is 94.1 Å². The van der Waals surface area contributed by atoms with Gasteiger partial charge in [0.2, 0.25) is 0 Å². The molecule has 0 aromatic heterocycles. The van der Waals surface area contributed by atoms with Crippen LogP contribution in [0.3, 0.4) is 0 Å². The Hall–Kier alpha value is -1.42. The molecule has 1 aromatic rings. The molecule has 1 saturated carbocycles. The standard InChI is InChI=1S/C12H15NO3/c14-12-7-3-10(4-8-12)9-1-5-11(6-2-9)13(15)16/h1-2,5-6,10,12,14H,3-4,7-8H2. The number of hydrogen-bond donors (Lipinski definition) is 1. The van der Waals surface area contributed by atoms with E-state index in [1.165, 1.54) is 0 Å². The second kappa shape index (κ2) is 4.61. The summed E-state index contributed by atoms with van der Waals surface area (Å²) in [7, 11) is 0. The number of hydrogen-bond acceptors (Lipinski definition) is 3. The van der Waals surface area contributed by atoms with Gasteiger partial charge in [-0.1, -0.05) is 12.1 Å². The van der Waals surface area contributed by atoms with Crippen LogP contribution in [-0.4, -0.2) is 16.1 Å². The number of benzene rings is 1. The molecular weight excluding hydrogens is 206 g/mol. The van der Waals surface area contributed by atoms with Crippen LogP contribution < -0.4 is 0 Å². The first kappa shape index (κ1) is 11.1. The van der Waals surface area contributed by atoms with E-state index < -0.39 is 0 Å². The van der Waals surface area contributed by atoms with Crippen LogP contribution in [0.4, 0.5) is 5.69 Å². The first-order valence-corrected chi connectivity index (χ1v) is 5.59. The zero-order valence-corrected chi connectivity index (χ0v) is 9.00. The van der Waals surface area contributed by atoms with Crippen LogP contribution in [-0.2, 0) is 0 Å². The van der Waals surface area contributed by atoms with Crippen LogP contribution in [0.1, 0.15) is 37.2 Å². The van der Waals surface area contributed by atoms with Crippen LogP contribution >= 0.6 is 0 Å². The minimum atomic E-state index is -0.381. The molecule has 2 rings (SSSR count). The van der Waals surface area contributed by atoms with E-state index in [0.717, 1.165) is 31.2 Å². The summed E-state index contributed by atoms with van der Waals surface area (Å²) in [5, 5.41) is 19.9. The fraction of sp³-hybridized carbons (Fsp3) is 0.500. The van der Waals surface area contributed by atoms with Gasteiger partial charge in [0.05, 0.1) is 11.0 Å². The zero-order chi connectivity index (χ0) is 11.5. The molecule has 1 aromatic carbocycles. The van der Waals surface area contributed by atoms with Gasteiger partial charge >= 0.3 is 0 Å². The summed E-state index contributed by atoms with van der Waals surface area (Å²) in [6.45, 7) is 0. The van der Waals surface area contributed by atoms with E-state index in [9.17, 15) is 15.2 Å². The average molecular weight is 221 g/mol. The second-order valence-corrected chi connectivity index (χ2v) is 4.35. The maximum absolute atomic E-state index is 10.5. The molecule has 0 unspecified atom stereocenters. The summed E-state index contributed by atoms with van der Waals surface area (Å²) < 4.78 is 0. The molecule has 86 valence electrons. The Kier molecular flexibility index (Phi) is 3.19. The van der Waals surface area contributed by atoms with E-state index in [0.29, 0.717) is 5.92 Å². The lowest BCUT2D eigenvalue weighted by Crippen LogP contribution is -2.16. The number of non-ortho nitro benzene ring substituents is 1. The van der Waals surface area contributed by atoms with Crippen LogP contribution in [0.2, 0.25) is 0 Å². The third kappa shape index (κ3) is 2.39. The Bertz CT molecular complexity index is 366. The third-order valence-corrected chi connectivity index (χ3v) is 3.27. The van der Waals surface area contributed by atoms with E-state index in [1.807, 2.05) is 12.1 Å². The maximum Gasteiger partial charge on any atom is 0.269 e. The van der Waals surface area contributed by atoms with E-state index >= 15 is 0 Å². The van der Waals surface area contributed by atoms with E-state index in [-0.39, 0.29) is 16.7 Å². The number of aliphatic hydroxyl groups excluding tert-OH is 1. The van der Waals surface area contributed by atoms with Gasteiger partial charge in [-0.05, 0) is 37.2 Å². The van der Waals surface area contributed by atoms with E-state index in [4.69, 9.17) is 0 Å². The van der Waals surface area contributed by atoms with Gasteiger partial charge in [0, 0.05) is 12.1 Å².